The lowest BCUT2D eigenvalue weighted by Gasteiger charge is -2.03. The molecule has 0 bridgehead atoms. The number of pyridine rings is 1. The molecule has 0 fully saturated rings. The second kappa shape index (κ2) is 5.59. The highest BCUT2D eigenvalue weighted by Crippen LogP contribution is 2.19. The average Bonchev–Trinajstić information content (AvgIpc) is 2.21. The SMILES string of the molecule is CCC.Cc1cc(C)c2cccc(F)c2n1. The number of halogens is 1. The zero-order valence-electron chi connectivity index (χ0n) is 10.3. The molecule has 0 spiro atoms. The Labute approximate surface area is 96.3 Å². The minimum Gasteiger partial charge on any atom is -0.250 e. The summed E-state index contributed by atoms with van der Waals surface area (Å²) in [7, 11) is 0. The molecule has 0 unspecified atom stereocenters. The predicted octanol–water partition coefficient (Wildman–Crippen LogP) is 4.41. The summed E-state index contributed by atoms with van der Waals surface area (Å²) >= 11 is 0. The van der Waals surface area contributed by atoms with Gasteiger partial charge in [0.25, 0.3) is 0 Å². The summed E-state index contributed by atoms with van der Waals surface area (Å²) < 4.78 is 13.3. The maximum atomic E-state index is 13.3. The Morgan fingerprint density at radius 2 is 1.81 bits per heavy atom. The van der Waals surface area contributed by atoms with Gasteiger partial charge in [-0.3, -0.25) is 4.98 Å². The van der Waals surface area contributed by atoms with Crippen molar-refractivity contribution in [2.24, 2.45) is 0 Å². The van der Waals surface area contributed by atoms with Crippen molar-refractivity contribution < 1.29 is 4.39 Å². The van der Waals surface area contributed by atoms with E-state index in [2.05, 4.69) is 18.8 Å². The van der Waals surface area contributed by atoms with Crippen LogP contribution >= 0.6 is 0 Å². The Morgan fingerprint density at radius 1 is 1.19 bits per heavy atom. The van der Waals surface area contributed by atoms with Crippen molar-refractivity contribution in [3.8, 4) is 0 Å². The van der Waals surface area contributed by atoms with Crippen LogP contribution in [0.1, 0.15) is 31.5 Å². The van der Waals surface area contributed by atoms with Crippen LogP contribution in [0.4, 0.5) is 4.39 Å². The number of aryl methyl sites for hydroxylation is 2. The third kappa shape index (κ3) is 2.78. The van der Waals surface area contributed by atoms with Gasteiger partial charge in [0, 0.05) is 11.1 Å². The fourth-order valence-electron chi connectivity index (χ4n) is 1.55. The van der Waals surface area contributed by atoms with Gasteiger partial charge in [-0.05, 0) is 31.5 Å². The van der Waals surface area contributed by atoms with Crippen LogP contribution < -0.4 is 0 Å². The lowest BCUT2D eigenvalue weighted by molar-refractivity contribution is 0.636. The van der Waals surface area contributed by atoms with E-state index in [-0.39, 0.29) is 5.82 Å². The highest BCUT2D eigenvalue weighted by molar-refractivity contribution is 5.82. The summed E-state index contributed by atoms with van der Waals surface area (Å²) in [6.45, 7) is 8.09. The second-order valence-corrected chi connectivity index (χ2v) is 3.92. The van der Waals surface area contributed by atoms with E-state index >= 15 is 0 Å². The van der Waals surface area contributed by atoms with Crippen LogP contribution in [0.5, 0.6) is 0 Å². The topological polar surface area (TPSA) is 12.9 Å². The summed E-state index contributed by atoms with van der Waals surface area (Å²) in [6.07, 6.45) is 1.25. The second-order valence-electron chi connectivity index (χ2n) is 3.92. The molecule has 0 saturated heterocycles. The van der Waals surface area contributed by atoms with Crippen LogP contribution in [0, 0.1) is 19.7 Å². The quantitative estimate of drug-likeness (QED) is 0.639. The Morgan fingerprint density at radius 3 is 2.44 bits per heavy atom. The van der Waals surface area contributed by atoms with Gasteiger partial charge in [0.15, 0.2) is 0 Å². The molecule has 0 saturated carbocycles. The molecular formula is C14H18FN. The molecule has 2 rings (SSSR count). The molecule has 1 aromatic carbocycles. The maximum absolute atomic E-state index is 13.3. The molecule has 1 nitrogen and oxygen atoms in total. The van der Waals surface area contributed by atoms with Gasteiger partial charge >= 0.3 is 0 Å². The molecule has 2 heteroatoms. The zero-order valence-corrected chi connectivity index (χ0v) is 10.3. The number of hydrogen-bond donors (Lipinski definition) is 0. The van der Waals surface area contributed by atoms with Crippen LogP contribution in [0.25, 0.3) is 10.9 Å². The maximum Gasteiger partial charge on any atom is 0.149 e. The highest BCUT2D eigenvalue weighted by atomic mass is 19.1. The predicted molar refractivity (Wildman–Crippen MR) is 67.1 cm³/mol. The molecule has 0 amide bonds. The van der Waals surface area contributed by atoms with E-state index in [1.807, 2.05) is 26.0 Å². The first-order valence-electron chi connectivity index (χ1n) is 5.62. The lowest BCUT2D eigenvalue weighted by Crippen LogP contribution is -1.89. The summed E-state index contributed by atoms with van der Waals surface area (Å²) in [5.41, 5.74) is 2.40. The molecule has 86 valence electrons. The first-order chi connectivity index (χ1) is 7.60. The average molecular weight is 219 g/mol. The van der Waals surface area contributed by atoms with Crippen molar-refractivity contribution in [3.63, 3.8) is 0 Å². The van der Waals surface area contributed by atoms with E-state index < -0.39 is 0 Å². The summed E-state index contributed by atoms with van der Waals surface area (Å²) in [6, 6.07) is 7.00. The highest BCUT2D eigenvalue weighted by Gasteiger charge is 2.03. The summed E-state index contributed by atoms with van der Waals surface area (Å²) in [5.74, 6) is -0.246. The number of fused-ring (bicyclic) bond motifs is 1. The van der Waals surface area contributed by atoms with Crippen molar-refractivity contribution in [2.45, 2.75) is 34.1 Å². The third-order valence-corrected chi connectivity index (χ3v) is 2.13. The Kier molecular flexibility index (Phi) is 4.41. The minimum absolute atomic E-state index is 0.246. The largest absolute Gasteiger partial charge is 0.250 e. The molecule has 0 atom stereocenters. The van der Waals surface area contributed by atoms with Gasteiger partial charge < -0.3 is 0 Å². The smallest absolute Gasteiger partial charge is 0.149 e. The molecule has 2 aromatic rings. The number of para-hydroxylation sites is 1. The Balaban J connectivity index is 0.000000386. The van der Waals surface area contributed by atoms with E-state index in [0.29, 0.717) is 5.52 Å². The number of rotatable bonds is 0. The lowest BCUT2D eigenvalue weighted by atomic mass is 10.1. The third-order valence-electron chi connectivity index (χ3n) is 2.13. The first kappa shape index (κ1) is 12.6. The van der Waals surface area contributed by atoms with Crippen LogP contribution in [0.3, 0.4) is 0 Å². The van der Waals surface area contributed by atoms with Crippen molar-refractivity contribution in [3.05, 3.63) is 41.3 Å². The van der Waals surface area contributed by atoms with Gasteiger partial charge in [-0.15, -0.1) is 0 Å². The van der Waals surface area contributed by atoms with Crippen LogP contribution in [-0.4, -0.2) is 4.98 Å². The van der Waals surface area contributed by atoms with Crippen molar-refractivity contribution in [1.82, 2.24) is 4.98 Å². The Bertz CT molecular complexity index is 477. The zero-order chi connectivity index (χ0) is 12.1. The number of hydrogen-bond acceptors (Lipinski definition) is 1. The molecule has 0 aliphatic carbocycles. The van der Waals surface area contributed by atoms with Crippen LogP contribution in [-0.2, 0) is 0 Å². The van der Waals surface area contributed by atoms with Crippen LogP contribution in [0.15, 0.2) is 24.3 Å². The van der Waals surface area contributed by atoms with Gasteiger partial charge in [-0.2, -0.15) is 0 Å². The minimum atomic E-state index is -0.246. The van der Waals surface area contributed by atoms with Gasteiger partial charge in [-0.1, -0.05) is 32.4 Å². The first-order valence-corrected chi connectivity index (χ1v) is 5.62. The standard InChI is InChI=1S/C11H10FN.C3H8/c1-7-6-8(2)13-11-9(7)4-3-5-10(11)12;1-3-2/h3-6H,1-2H3;3H2,1-2H3. The molecular weight excluding hydrogens is 201 g/mol. The summed E-state index contributed by atoms with van der Waals surface area (Å²) in [4.78, 5) is 4.16. The van der Waals surface area contributed by atoms with Gasteiger partial charge in [-0.25, -0.2) is 4.39 Å². The number of benzene rings is 1. The Hall–Kier alpha value is -1.44. The molecule has 0 aliphatic rings. The van der Waals surface area contributed by atoms with Gasteiger partial charge in [0.1, 0.15) is 11.3 Å². The fourth-order valence-corrected chi connectivity index (χ4v) is 1.55. The van der Waals surface area contributed by atoms with Gasteiger partial charge in [0.05, 0.1) is 0 Å². The molecule has 16 heavy (non-hydrogen) atoms. The van der Waals surface area contributed by atoms with Crippen molar-refractivity contribution in [2.75, 3.05) is 0 Å². The van der Waals surface area contributed by atoms with Crippen LogP contribution in [0.2, 0.25) is 0 Å². The van der Waals surface area contributed by atoms with Crippen molar-refractivity contribution >= 4 is 10.9 Å². The normalized spacial score (nSPS) is 9.81. The molecule has 0 radical (unpaired) electrons. The molecule has 0 aliphatic heterocycles. The number of nitrogens with zero attached hydrogens (tertiary/aromatic N) is 1. The van der Waals surface area contributed by atoms with E-state index in [4.69, 9.17) is 0 Å². The molecule has 1 aromatic heterocycles. The van der Waals surface area contributed by atoms with E-state index in [9.17, 15) is 4.39 Å². The number of aromatic nitrogens is 1. The van der Waals surface area contributed by atoms with Crippen molar-refractivity contribution in [1.29, 1.82) is 0 Å². The van der Waals surface area contributed by atoms with E-state index in [1.54, 1.807) is 6.07 Å². The molecule has 0 N–H and O–H groups in total. The monoisotopic (exact) mass is 219 g/mol. The van der Waals surface area contributed by atoms with E-state index in [1.165, 1.54) is 12.5 Å². The fraction of sp³-hybridized carbons (Fsp3) is 0.357. The summed E-state index contributed by atoms with van der Waals surface area (Å²) in [5, 5.41) is 0.894. The van der Waals surface area contributed by atoms with Gasteiger partial charge in [0.2, 0.25) is 0 Å². The molecule has 1 heterocycles. The van der Waals surface area contributed by atoms with E-state index in [0.717, 1.165) is 16.6 Å².